The largest absolute Gasteiger partial charge is 0.391 e. The van der Waals surface area contributed by atoms with E-state index in [1.54, 1.807) is 18.7 Å². The molecular formula is C13H20O2S. The summed E-state index contributed by atoms with van der Waals surface area (Å²) in [5, 5.41) is 18.9. The molecule has 16 heavy (non-hydrogen) atoms. The average molecular weight is 240 g/mol. The molecule has 1 rings (SSSR count). The van der Waals surface area contributed by atoms with Gasteiger partial charge in [-0.25, -0.2) is 0 Å². The summed E-state index contributed by atoms with van der Waals surface area (Å²) in [4.78, 5) is 1.24. The van der Waals surface area contributed by atoms with Crippen LogP contribution in [0.3, 0.4) is 0 Å². The van der Waals surface area contributed by atoms with Gasteiger partial charge in [0, 0.05) is 4.90 Å². The lowest BCUT2D eigenvalue weighted by Crippen LogP contribution is -2.24. The van der Waals surface area contributed by atoms with Gasteiger partial charge >= 0.3 is 0 Å². The first-order valence-corrected chi connectivity index (χ1v) is 6.77. The Morgan fingerprint density at radius 3 is 2.12 bits per heavy atom. The summed E-state index contributed by atoms with van der Waals surface area (Å²) in [7, 11) is 0. The molecule has 0 fully saturated rings. The fourth-order valence-corrected chi connectivity index (χ4v) is 2.04. The molecule has 0 aliphatic carbocycles. The first-order chi connectivity index (χ1) is 7.54. The Kier molecular flexibility index (Phi) is 5.32. The van der Waals surface area contributed by atoms with Gasteiger partial charge in [0.05, 0.1) is 12.2 Å². The molecule has 3 atom stereocenters. The van der Waals surface area contributed by atoms with Crippen molar-refractivity contribution in [2.75, 3.05) is 6.26 Å². The molecule has 0 amide bonds. The summed E-state index contributed by atoms with van der Waals surface area (Å²) < 4.78 is 0. The maximum absolute atomic E-state index is 9.60. The monoisotopic (exact) mass is 240 g/mol. The summed E-state index contributed by atoms with van der Waals surface area (Å²) in [6, 6.07) is 8.35. The van der Waals surface area contributed by atoms with E-state index in [1.807, 2.05) is 0 Å². The van der Waals surface area contributed by atoms with Crippen molar-refractivity contribution in [1.29, 1.82) is 0 Å². The van der Waals surface area contributed by atoms with Crippen LogP contribution in [-0.2, 0) is 0 Å². The normalized spacial score (nSPS) is 16.8. The first kappa shape index (κ1) is 13.6. The molecule has 0 aromatic heterocycles. The Balaban J connectivity index is 2.62. The third-order valence-corrected chi connectivity index (χ3v) is 3.58. The Hall–Kier alpha value is -0.510. The fraction of sp³-hybridized carbons (Fsp3) is 0.538. The van der Waals surface area contributed by atoms with Crippen molar-refractivity contribution < 1.29 is 10.2 Å². The lowest BCUT2D eigenvalue weighted by Gasteiger charge is -2.19. The van der Waals surface area contributed by atoms with Gasteiger partial charge in [-0.15, -0.1) is 11.8 Å². The molecule has 2 nitrogen and oxygen atoms in total. The molecule has 1 aromatic carbocycles. The third-order valence-electron chi connectivity index (χ3n) is 2.84. The molecule has 1 aromatic rings. The average Bonchev–Trinajstić information content (AvgIpc) is 2.28. The molecule has 3 heteroatoms. The van der Waals surface area contributed by atoms with E-state index < -0.39 is 12.2 Å². The van der Waals surface area contributed by atoms with Crippen LogP contribution in [0, 0.1) is 0 Å². The zero-order chi connectivity index (χ0) is 12.1. The number of rotatable bonds is 5. The topological polar surface area (TPSA) is 40.5 Å². The van der Waals surface area contributed by atoms with Gasteiger partial charge in [0.15, 0.2) is 0 Å². The molecule has 90 valence electrons. The van der Waals surface area contributed by atoms with Gasteiger partial charge in [-0.05, 0) is 43.2 Å². The predicted octanol–water partition coefficient (Wildman–Crippen LogP) is 2.64. The highest BCUT2D eigenvalue weighted by atomic mass is 32.2. The number of benzene rings is 1. The zero-order valence-corrected chi connectivity index (χ0v) is 10.9. The molecule has 0 radical (unpaired) electrons. The van der Waals surface area contributed by atoms with Crippen LogP contribution in [0.2, 0.25) is 0 Å². The maximum atomic E-state index is 9.60. The lowest BCUT2D eigenvalue weighted by molar-refractivity contribution is 0.0227. The smallest absolute Gasteiger partial charge is 0.0802 e. The van der Waals surface area contributed by atoms with Crippen LogP contribution in [0.1, 0.15) is 31.7 Å². The second kappa shape index (κ2) is 6.28. The molecule has 0 heterocycles. The van der Waals surface area contributed by atoms with Gasteiger partial charge in [0.25, 0.3) is 0 Å². The summed E-state index contributed by atoms with van der Waals surface area (Å²) in [5.41, 5.74) is 1.21. The zero-order valence-electron chi connectivity index (χ0n) is 10.1. The molecule has 0 aliphatic rings. The van der Waals surface area contributed by atoms with Crippen molar-refractivity contribution in [3.05, 3.63) is 29.8 Å². The first-order valence-electron chi connectivity index (χ1n) is 5.54. The van der Waals surface area contributed by atoms with Gasteiger partial charge in [-0.2, -0.15) is 0 Å². The Labute approximate surface area is 102 Å². The summed E-state index contributed by atoms with van der Waals surface area (Å²) in [6.07, 6.45) is 1.34. The Morgan fingerprint density at radius 1 is 1.12 bits per heavy atom. The van der Waals surface area contributed by atoms with Crippen LogP contribution >= 0.6 is 11.8 Å². The standard InChI is InChI=1S/C13H20O2S/c1-9(8-13(15)10(2)14)11-4-6-12(16-3)7-5-11/h4-7,9-10,13-15H,8H2,1-3H3. The van der Waals surface area contributed by atoms with E-state index >= 15 is 0 Å². The van der Waals surface area contributed by atoms with E-state index in [-0.39, 0.29) is 5.92 Å². The molecule has 0 saturated carbocycles. The minimum atomic E-state index is -0.659. The van der Waals surface area contributed by atoms with Crippen LogP contribution < -0.4 is 0 Å². The van der Waals surface area contributed by atoms with Crippen LogP contribution in [0.5, 0.6) is 0 Å². The second-order valence-corrected chi connectivity index (χ2v) is 5.10. The summed E-state index contributed by atoms with van der Waals surface area (Å²) in [5.74, 6) is 0.264. The molecule has 0 bridgehead atoms. The van der Waals surface area contributed by atoms with Crippen LogP contribution in [0.25, 0.3) is 0 Å². The van der Waals surface area contributed by atoms with Crippen LogP contribution in [0.15, 0.2) is 29.2 Å². The summed E-state index contributed by atoms with van der Waals surface area (Å²) in [6.45, 7) is 3.69. The number of aliphatic hydroxyl groups is 2. The number of aliphatic hydroxyl groups excluding tert-OH is 2. The highest BCUT2D eigenvalue weighted by Crippen LogP contribution is 2.24. The molecular weight excluding hydrogens is 220 g/mol. The van der Waals surface area contributed by atoms with Gasteiger partial charge in [-0.3, -0.25) is 0 Å². The molecule has 0 spiro atoms. The van der Waals surface area contributed by atoms with E-state index in [1.165, 1.54) is 10.5 Å². The van der Waals surface area contributed by atoms with Crippen molar-refractivity contribution in [1.82, 2.24) is 0 Å². The number of thioether (sulfide) groups is 1. The maximum Gasteiger partial charge on any atom is 0.0802 e. The van der Waals surface area contributed by atoms with Gasteiger partial charge in [0.1, 0.15) is 0 Å². The summed E-state index contributed by atoms with van der Waals surface area (Å²) >= 11 is 1.72. The third kappa shape index (κ3) is 3.81. The lowest BCUT2D eigenvalue weighted by atomic mass is 9.93. The Bertz CT molecular complexity index is 308. The van der Waals surface area contributed by atoms with E-state index in [0.717, 1.165) is 0 Å². The van der Waals surface area contributed by atoms with Crippen molar-refractivity contribution in [2.24, 2.45) is 0 Å². The van der Waals surface area contributed by atoms with Crippen LogP contribution in [0.4, 0.5) is 0 Å². The number of hydrogen-bond acceptors (Lipinski definition) is 3. The van der Waals surface area contributed by atoms with Crippen molar-refractivity contribution >= 4 is 11.8 Å². The molecule has 0 aliphatic heterocycles. The SMILES string of the molecule is CSc1ccc(C(C)CC(O)C(C)O)cc1. The van der Waals surface area contributed by atoms with Gasteiger partial charge in [0.2, 0.25) is 0 Å². The fourth-order valence-electron chi connectivity index (χ4n) is 1.63. The van der Waals surface area contributed by atoms with Crippen molar-refractivity contribution in [3.63, 3.8) is 0 Å². The minimum Gasteiger partial charge on any atom is -0.391 e. The second-order valence-electron chi connectivity index (χ2n) is 4.22. The van der Waals surface area contributed by atoms with E-state index in [2.05, 4.69) is 37.4 Å². The van der Waals surface area contributed by atoms with Gasteiger partial charge < -0.3 is 10.2 Å². The van der Waals surface area contributed by atoms with E-state index in [4.69, 9.17) is 0 Å². The van der Waals surface area contributed by atoms with E-state index in [0.29, 0.717) is 6.42 Å². The van der Waals surface area contributed by atoms with E-state index in [9.17, 15) is 10.2 Å². The minimum absolute atomic E-state index is 0.264. The van der Waals surface area contributed by atoms with Crippen molar-refractivity contribution in [3.8, 4) is 0 Å². The molecule has 3 unspecified atom stereocenters. The molecule has 0 saturated heterocycles. The predicted molar refractivity (Wildman–Crippen MR) is 68.9 cm³/mol. The van der Waals surface area contributed by atoms with Crippen LogP contribution in [-0.4, -0.2) is 28.7 Å². The quantitative estimate of drug-likeness (QED) is 0.777. The van der Waals surface area contributed by atoms with Crippen molar-refractivity contribution in [2.45, 2.75) is 43.3 Å². The Morgan fingerprint density at radius 2 is 1.69 bits per heavy atom. The molecule has 2 N–H and O–H groups in total. The number of hydrogen-bond donors (Lipinski definition) is 2. The van der Waals surface area contributed by atoms with Gasteiger partial charge in [-0.1, -0.05) is 19.1 Å². The highest BCUT2D eigenvalue weighted by molar-refractivity contribution is 7.98. The highest BCUT2D eigenvalue weighted by Gasteiger charge is 2.16.